The molecular formula is C20H32ClN3O3. The molecule has 0 aromatic heterocycles. The third-order valence-corrected chi connectivity index (χ3v) is 5.59. The van der Waals surface area contributed by atoms with Gasteiger partial charge in [0, 0.05) is 24.1 Å². The first kappa shape index (κ1) is 23.4. The molecule has 1 aromatic carbocycles. The maximum Gasteiger partial charge on any atom is 0.243 e. The summed E-state index contributed by atoms with van der Waals surface area (Å²) in [5.41, 5.74) is 8.75. The third kappa shape index (κ3) is 4.45. The maximum absolute atomic E-state index is 12.6. The van der Waals surface area contributed by atoms with Gasteiger partial charge in [0.15, 0.2) is 0 Å². The Labute approximate surface area is 168 Å². The van der Waals surface area contributed by atoms with E-state index in [0.29, 0.717) is 13.0 Å². The van der Waals surface area contributed by atoms with E-state index in [1.165, 1.54) is 0 Å². The molecule has 1 fully saturated rings. The lowest BCUT2D eigenvalue weighted by atomic mass is 9.54. The van der Waals surface area contributed by atoms with Gasteiger partial charge in [-0.25, -0.2) is 0 Å². The van der Waals surface area contributed by atoms with Crippen LogP contribution in [0.25, 0.3) is 0 Å². The Hall–Kier alpha value is -1.63. The van der Waals surface area contributed by atoms with E-state index >= 15 is 0 Å². The van der Waals surface area contributed by atoms with Gasteiger partial charge in [0.2, 0.25) is 11.8 Å². The highest BCUT2D eigenvalue weighted by molar-refractivity contribution is 5.97. The summed E-state index contributed by atoms with van der Waals surface area (Å²) >= 11 is 0. The van der Waals surface area contributed by atoms with Crippen molar-refractivity contribution in [3.63, 3.8) is 0 Å². The van der Waals surface area contributed by atoms with Gasteiger partial charge in [-0.15, -0.1) is 12.4 Å². The second-order valence-electron chi connectivity index (χ2n) is 7.85. The quantitative estimate of drug-likeness (QED) is 0.687. The molecule has 7 heteroatoms. The number of benzene rings is 1. The molecule has 4 N–H and O–H groups in total. The van der Waals surface area contributed by atoms with Gasteiger partial charge in [0.05, 0.1) is 12.6 Å². The monoisotopic (exact) mass is 397 g/mol. The van der Waals surface area contributed by atoms with E-state index in [2.05, 4.69) is 10.6 Å². The number of hydrogen-bond acceptors (Lipinski definition) is 4. The predicted octanol–water partition coefficient (Wildman–Crippen LogP) is 2.62. The number of carbonyl (C=O) groups is 2. The van der Waals surface area contributed by atoms with Crippen molar-refractivity contribution in [1.82, 2.24) is 5.32 Å². The van der Waals surface area contributed by atoms with Gasteiger partial charge in [-0.05, 0) is 38.8 Å². The molecule has 6 nitrogen and oxygen atoms in total. The minimum Gasteiger partial charge on any atom is -0.378 e. The van der Waals surface area contributed by atoms with Crippen molar-refractivity contribution in [3.05, 3.63) is 28.8 Å². The minimum absolute atomic E-state index is 0. The number of anilines is 1. The number of aryl methyl sites for hydroxylation is 3. The lowest BCUT2D eigenvalue weighted by Gasteiger charge is -2.57. The summed E-state index contributed by atoms with van der Waals surface area (Å²) in [4.78, 5) is 24.9. The van der Waals surface area contributed by atoms with Gasteiger partial charge in [0.25, 0.3) is 0 Å². The highest BCUT2D eigenvalue weighted by atomic mass is 35.5. The van der Waals surface area contributed by atoms with Crippen molar-refractivity contribution in [2.24, 2.45) is 11.1 Å². The van der Waals surface area contributed by atoms with Crippen molar-refractivity contribution in [1.29, 1.82) is 0 Å². The highest BCUT2D eigenvalue weighted by Gasteiger charge is 2.62. The predicted molar refractivity (Wildman–Crippen MR) is 110 cm³/mol. The Kier molecular flexibility index (Phi) is 7.45. The summed E-state index contributed by atoms with van der Waals surface area (Å²) in [5, 5.41) is 5.56. The van der Waals surface area contributed by atoms with Gasteiger partial charge in [-0.3, -0.25) is 9.59 Å². The summed E-state index contributed by atoms with van der Waals surface area (Å²) < 4.78 is 5.64. The molecule has 152 valence electrons. The van der Waals surface area contributed by atoms with Crippen molar-refractivity contribution in [3.8, 4) is 0 Å². The van der Waals surface area contributed by atoms with E-state index in [4.69, 9.17) is 10.5 Å². The van der Waals surface area contributed by atoms with Crippen LogP contribution in [-0.2, 0) is 14.3 Å². The summed E-state index contributed by atoms with van der Waals surface area (Å²) in [7, 11) is 0. The second-order valence-corrected chi connectivity index (χ2v) is 7.85. The van der Waals surface area contributed by atoms with Crippen molar-refractivity contribution in [2.75, 3.05) is 18.5 Å². The minimum atomic E-state index is -1.02. The SMILES string of the molecule is CCOC1CC(N)(C(=O)NCC(=O)Nc2c(C)cc(C)cc2C)C1(C)C.Cl. The molecule has 1 aliphatic rings. The molecule has 0 spiro atoms. The number of amides is 2. The Morgan fingerprint density at radius 3 is 2.26 bits per heavy atom. The number of hydrogen-bond donors (Lipinski definition) is 3. The highest BCUT2D eigenvalue weighted by Crippen LogP contribution is 2.49. The number of halogens is 1. The summed E-state index contributed by atoms with van der Waals surface area (Å²) in [5.74, 6) is -0.582. The molecule has 1 saturated carbocycles. The van der Waals surface area contributed by atoms with Crippen LogP contribution in [0.3, 0.4) is 0 Å². The smallest absolute Gasteiger partial charge is 0.243 e. The van der Waals surface area contributed by atoms with Gasteiger partial charge in [0.1, 0.15) is 5.54 Å². The van der Waals surface area contributed by atoms with Crippen molar-refractivity contribution < 1.29 is 14.3 Å². The zero-order valence-electron chi connectivity index (χ0n) is 17.1. The van der Waals surface area contributed by atoms with Crippen LogP contribution in [-0.4, -0.2) is 36.6 Å². The van der Waals surface area contributed by atoms with Crippen LogP contribution in [0.5, 0.6) is 0 Å². The molecule has 0 bridgehead atoms. The van der Waals surface area contributed by atoms with E-state index in [1.54, 1.807) is 0 Å². The molecule has 1 aliphatic carbocycles. The van der Waals surface area contributed by atoms with E-state index in [9.17, 15) is 9.59 Å². The fraction of sp³-hybridized carbons (Fsp3) is 0.600. The van der Waals surface area contributed by atoms with Gasteiger partial charge >= 0.3 is 0 Å². The van der Waals surface area contributed by atoms with Crippen LogP contribution >= 0.6 is 12.4 Å². The van der Waals surface area contributed by atoms with E-state index < -0.39 is 11.0 Å². The Bertz CT molecular complexity index is 697. The van der Waals surface area contributed by atoms with Crippen LogP contribution in [0, 0.1) is 26.2 Å². The van der Waals surface area contributed by atoms with Crippen LogP contribution < -0.4 is 16.4 Å². The van der Waals surface area contributed by atoms with Gasteiger partial charge in [-0.2, -0.15) is 0 Å². The average molecular weight is 398 g/mol. The maximum atomic E-state index is 12.6. The van der Waals surface area contributed by atoms with Crippen LogP contribution in [0.4, 0.5) is 5.69 Å². The molecular weight excluding hydrogens is 366 g/mol. The first-order valence-electron chi connectivity index (χ1n) is 9.09. The molecule has 0 radical (unpaired) electrons. The Morgan fingerprint density at radius 2 is 1.78 bits per heavy atom. The van der Waals surface area contributed by atoms with E-state index in [-0.39, 0.29) is 36.9 Å². The number of rotatable bonds is 6. The zero-order valence-corrected chi connectivity index (χ0v) is 17.9. The zero-order chi connectivity index (χ0) is 19.7. The first-order valence-corrected chi connectivity index (χ1v) is 9.09. The summed E-state index contributed by atoms with van der Waals surface area (Å²) in [6, 6.07) is 4.03. The molecule has 0 heterocycles. The van der Waals surface area contributed by atoms with E-state index in [0.717, 1.165) is 22.4 Å². The molecule has 27 heavy (non-hydrogen) atoms. The lowest BCUT2D eigenvalue weighted by molar-refractivity contribution is -0.170. The molecule has 2 atom stereocenters. The van der Waals surface area contributed by atoms with Crippen molar-refractivity contribution in [2.45, 2.75) is 59.6 Å². The topological polar surface area (TPSA) is 93.4 Å². The summed E-state index contributed by atoms with van der Waals surface area (Å²) in [6.45, 7) is 12.2. The number of carbonyl (C=O) groups excluding carboxylic acids is 2. The molecule has 1 aromatic rings. The standard InChI is InChI=1S/C20H31N3O3.ClH/c1-7-26-15-10-20(21,19(15,5)6)18(25)22-11-16(24)23-17-13(3)8-12(2)9-14(17)4;/h8-9,15H,7,10-11,21H2,1-6H3,(H,22,25)(H,23,24);1H. The molecule has 0 aliphatic heterocycles. The van der Waals surface area contributed by atoms with Gasteiger partial charge < -0.3 is 21.1 Å². The van der Waals surface area contributed by atoms with Crippen molar-refractivity contribution >= 4 is 29.9 Å². The summed E-state index contributed by atoms with van der Waals surface area (Å²) in [6.07, 6.45) is 0.409. The van der Waals surface area contributed by atoms with Gasteiger partial charge in [-0.1, -0.05) is 31.5 Å². The molecule has 0 saturated heterocycles. The second kappa shape index (κ2) is 8.59. The fourth-order valence-corrected chi connectivity index (χ4v) is 3.70. The molecule has 2 amide bonds. The molecule has 2 unspecified atom stereocenters. The Balaban J connectivity index is 0.00000364. The van der Waals surface area contributed by atoms with Crippen LogP contribution in [0.15, 0.2) is 12.1 Å². The number of ether oxygens (including phenoxy) is 1. The lowest BCUT2D eigenvalue weighted by Crippen LogP contribution is -2.76. The number of nitrogens with two attached hydrogens (primary N) is 1. The van der Waals surface area contributed by atoms with Crippen LogP contribution in [0.2, 0.25) is 0 Å². The first-order chi connectivity index (χ1) is 12.0. The van der Waals surface area contributed by atoms with Crippen LogP contribution in [0.1, 0.15) is 43.9 Å². The Morgan fingerprint density at radius 1 is 1.22 bits per heavy atom. The average Bonchev–Trinajstić information content (AvgIpc) is 2.55. The molecule has 2 rings (SSSR count). The number of nitrogens with one attached hydrogen (secondary N) is 2. The normalized spacial score (nSPS) is 23.0. The van der Waals surface area contributed by atoms with E-state index in [1.807, 2.05) is 53.7 Å². The third-order valence-electron chi connectivity index (χ3n) is 5.59. The fourth-order valence-electron chi connectivity index (χ4n) is 3.70. The largest absolute Gasteiger partial charge is 0.378 e.